The monoisotopic (exact) mass is 300 g/mol. The summed E-state index contributed by atoms with van der Waals surface area (Å²) >= 11 is 0. The number of likely N-dealkylation sites (tertiary alicyclic amines) is 1. The maximum atomic E-state index is 11.9. The fraction of sp³-hybridized carbons (Fsp3) is 0.769. The third-order valence-electron chi connectivity index (χ3n) is 3.62. The molecule has 0 radical (unpaired) electrons. The number of carbonyl (C=O) groups excluding carboxylic acids is 2. The van der Waals surface area contributed by atoms with Gasteiger partial charge in [-0.05, 0) is 12.8 Å². The lowest BCUT2D eigenvalue weighted by Gasteiger charge is -2.31. The lowest BCUT2D eigenvalue weighted by atomic mass is 10.1. The van der Waals surface area contributed by atoms with Crippen molar-refractivity contribution in [3.63, 3.8) is 0 Å². The van der Waals surface area contributed by atoms with E-state index in [9.17, 15) is 14.4 Å². The molecule has 0 aromatic rings. The Morgan fingerprint density at radius 3 is 2.57 bits per heavy atom. The fourth-order valence-corrected chi connectivity index (χ4v) is 2.44. The summed E-state index contributed by atoms with van der Waals surface area (Å²) in [7, 11) is 0. The molecule has 2 heterocycles. The topological polar surface area (TPSA) is 96.4 Å². The van der Waals surface area contributed by atoms with Crippen molar-refractivity contribution >= 4 is 18.0 Å². The number of hydrogen-bond donors (Lipinski definition) is 1. The number of piperidine rings is 1. The summed E-state index contributed by atoms with van der Waals surface area (Å²) in [4.78, 5) is 36.7. The highest BCUT2D eigenvalue weighted by Crippen LogP contribution is 2.14. The molecule has 0 aliphatic carbocycles. The van der Waals surface area contributed by atoms with Gasteiger partial charge in [0.25, 0.3) is 0 Å². The summed E-state index contributed by atoms with van der Waals surface area (Å²) < 4.78 is 10.2. The third kappa shape index (κ3) is 4.68. The van der Waals surface area contributed by atoms with E-state index in [1.807, 2.05) is 4.90 Å². The fourth-order valence-electron chi connectivity index (χ4n) is 2.44. The van der Waals surface area contributed by atoms with Crippen LogP contribution in [0.15, 0.2) is 0 Å². The zero-order valence-electron chi connectivity index (χ0n) is 11.8. The number of carboxylic acids is 1. The van der Waals surface area contributed by atoms with Crippen molar-refractivity contribution in [1.29, 1.82) is 0 Å². The molecule has 0 aromatic carbocycles. The highest BCUT2D eigenvalue weighted by atomic mass is 16.6. The first kappa shape index (κ1) is 15.7. The van der Waals surface area contributed by atoms with Crippen LogP contribution in [0.4, 0.5) is 4.79 Å². The van der Waals surface area contributed by atoms with Crippen LogP contribution in [0, 0.1) is 0 Å². The van der Waals surface area contributed by atoms with E-state index in [0.717, 1.165) is 17.7 Å². The smallest absolute Gasteiger partial charge is 0.416 e. The van der Waals surface area contributed by atoms with Gasteiger partial charge in [-0.25, -0.2) is 9.69 Å². The van der Waals surface area contributed by atoms with E-state index < -0.39 is 12.1 Å². The van der Waals surface area contributed by atoms with E-state index in [1.54, 1.807) is 0 Å². The van der Waals surface area contributed by atoms with Gasteiger partial charge in [0.2, 0.25) is 5.91 Å². The van der Waals surface area contributed by atoms with Gasteiger partial charge < -0.3 is 14.6 Å². The summed E-state index contributed by atoms with van der Waals surface area (Å²) in [5.41, 5.74) is 0. The first-order chi connectivity index (χ1) is 10.1. The molecule has 2 aliphatic heterocycles. The van der Waals surface area contributed by atoms with Gasteiger partial charge in [0.05, 0.1) is 32.2 Å². The molecule has 8 nitrogen and oxygen atoms in total. The molecule has 2 aliphatic rings. The number of imide groups is 1. The number of rotatable bonds is 6. The Bertz CT molecular complexity index is 405. The summed E-state index contributed by atoms with van der Waals surface area (Å²) in [6.45, 7) is 2.42. The highest BCUT2D eigenvalue weighted by molar-refractivity contribution is 5.94. The molecule has 21 heavy (non-hydrogen) atoms. The van der Waals surface area contributed by atoms with Gasteiger partial charge >= 0.3 is 12.1 Å². The number of amides is 2. The van der Waals surface area contributed by atoms with E-state index in [2.05, 4.69) is 0 Å². The largest absolute Gasteiger partial charge is 0.481 e. The van der Waals surface area contributed by atoms with Crippen molar-refractivity contribution in [1.82, 2.24) is 9.80 Å². The van der Waals surface area contributed by atoms with Crippen molar-refractivity contribution in [3.8, 4) is 0 Å². The van der Waals surface area contributed by atoms with Crippen LogP contribution in [0.5, 0.6) is 0 Å². The molecule has 0 atom stereocenters. The number of aliphatic carboxylic acids is 1. The molecule has 2 amide bonds. The average molecular weight is 300 g/mol. The first-order valence-electron chi connectivity index (χ1n) is 7.09. The van der Waals surface area contributed by atoms with Crippen LogP contribution in [0.2, 0.25) is 0 Å². The van der Waals surface area contributed by atoms with Gasteiger partial charge in [-0.3, -0.25) is 14.5 Å². The summed E-state index contributed by atoms with van der Waals surface area (Å²) in [5.74, 6) is -1.10. The molecule has 0 aromatic heterocycles. The third-order valence-corrected chi connectivity index (χ3v) is 3.62. The zero-order valence-corrected chi connectivity index (χ0v) is 11.8. The molecule has 2 rings (SSSR count). The standard InChI is InChI=1S/C13H20N2O6/c16-11(15-6-8-21-13(15)19)9-14-4-1-10(2-5-14)20-7-3-12(17)18/h10H,1-9H2,(H,17,18). The molecule has 2 fully saturated rings. The van der Waals surface area contributed by atoms with Crippen LogP contribution in [0.1, 0.15) is 19.3 Å². The molecule has 0 bridgehead atoms. The van der Waals surface area contributed by atoms with Gasteiger partial charge in [-0.15, -0.1) is 0 Å². The maximum absolute atomic E-state index is 11.9. The molecule has 8 heteroatoms. The second-order valence-electron chi connectivity index (χ2n) is 5.15. The predicted molar refractivity (Wildman–Crippen MR) is 70.7 cm³/mol. The maximum Gasteiger partial charge on any atom is 0.416 e. The highest BCUT2D eigenvalue weighted by Gasteiger charge is 2.30. The van der Waals surface area contributed by atoms with E-state index in [4.69, 9.17) is 14.6 Å². The van der Waals surface area contributed by atoms with Gasteiger partial charge in [0.1, 0.15) is 6.61 Å². The van der Waals surface area contributed by atoms with Crippen molar-refractivity contribution in [2.45, 2.75) is 25.4 Å². The predicted octanol–water partition coefficient (Wildman–Crippen LogP) is -0.0791. The Kier molecular flexibility index (Phi) is 5.51. The number of ether oxygens (including phenoxy) is 2. The number of carbonyl (C=O) groups is 3. The van der Waals surface area contributed by atoms with Gasteiger partial charge in [0, 0.05) is 13.1 Å². The lowest BCUT2D eigenvalue weighted by Crippen LogP contribution is -2.45. The summed E-state index contributed by atoms with van der Waals surface area (Å²) in [6.07, 6.45) is 1.02. The minimum absolute atomic E-state index is 0.00969. The van der Waals surface area contributed by atoms with E-state index >= 15 is 0 Å². The van der Waals surface area contributed by atoms with E-state index in [-0.39, 0.29) is 38.2 Å². The van der Waals surface area contributed by atoms with Gasteiger partial charge in [-0.2, -0.15) is 0 Å². The van der Waals surface area contributed by atoms with Crippen LogP contribution >= 0.6 is 0 Å². The zero-order chi connectivity index (χ0) is 15.2. The van der Waals surface area contributed by atoms with Crippen LogP contribution in [0.25, 0.3) is 0 Å². The van der Waals surface area contributed by atoms with E-state index in [1.165, 1.54) is 0 Å². The Balaban J connectivity index is 1.65. The molecule has 0 unspecified atom stereocenters. The minimum Gasteiger partial charge on any atom is -0.481 e. The number of hydrogen-bond acceptors (Lipinski definition) is 6. The SMILES string of the molecule is O=C(O)CCOC1CCN(CC(=O)N2CCOC2=O)CC1. The Hall–Kier alpha value is -1.67. The lowest BCUT2D eigenvalue weighted by molar-refractivity contribution is -0.139. The molecule has 2 saturated heterocycles. The van der Waals surface area contributed by atoms with Gasteiger partial charge in [-0.1, -0.05) is 0 Å². The Labute approximate surface area is 122 Å². The van der Waals surface area contributed by atoms with Crippen LogP contribution in [0.3, 0.4) is 0 Å². The van der Waals surface area contributed by atoms with Crippen LogP contribution in [-0.2, 0) is 19.1 Å². The first-order valence-corrected chi connectivity index (χ1v) is 7.09. The van der Waals surface area contributed by atoms with Crippen molar-refractivity contribution in [3.05, 3.63) is 0 Å². The molecule has 1 N–H and O–H groups in total. The van der Waals surface area contributed by atoms with Crippen LogP contribution in [-0.4, -0.2) is 78.4 Å². The second kappa shape index (κ2) is 7.37. The number of nitrogens with zero attached hydrogens (tertiary/aromatic N) is 2. The van der Waals surface area contributed by atoms with Crippen molar-refractivity contribution < 1.29 is 29.0 Å². The normalized spacial score (nSPS) is 20.6. The molecule has 0 spiro atoms. The number of cyclic esters (lactones) is 1. The van der Waals surface area contributed by atoms with Crippen molar-refractivity contribution in [2.75, 3.05) is 39.4 Å². The average Bonchev–Trinajstić information content (AvgIpc) is 2.87. The van der Waals surface area contributed by atoms with Crippen LogP contribution < -0.4 is 0 Å². The number of carboxylic acid groups (broad SMARTS) is 1. The van der Waals surface area contributed by atoms with E-state index in [0.29, 0.717) is 19.6 Å². The Morgan fingerprint density at radius 1 is 1.29 bits per heavy atom. The molecular formula is C13H20N2O6. The summed E-state index contributed by atoms with van der Waals surface area (Å²) in [6, 6.07) is 0. The second-order valence-corrected chi connectivity index (χ2v) is 5.15. The quantitative estimate of drug-likeness (QED) is 0.733. The van der Waals surface area contributed by atoms with Gasteiger partial charge in [0.15, 0.2) is 0 Å². The summed E-state index contributed by atoms with van der Waals surface area (Å²) in [5, 5.41) is 8.54. The molecule has 0 saturated carbocycles. The minimum atomic E-state index is -0.865. The molecular weight excluding hydrogens is 280 g/mol. The Morgan fingerprint density at radius 2 is 2.00 bits per heavy atom. The van der Waals surface area contributed by atoms with Crippen molar-refractivity contribution in [2.24, 2.45) is 0 Å². The molecule has 118 valence electrons.